The van der Waals surface area contributed by atoms with Gasteiger partial charge in [-0.05, 0) is 32.0 Å². The number of nitrogens with one attached hydrogen (secondary N) is 2. The molecule has 0 aliphatic rings. The van der Waals surface area contributed by atoms with Gasteiger partial charge in [-0.2, -0.15) is 0 Å². The minimum atomic E-state index is -1.13. The molecule has 0 spiro atoms. The molecule has 3 amide bonds. The molecule has 1 unspecified atom stereocenters. The second kappa shape index (κ2) is 7.49. The van der Waals surface area contributed by atoms with Crippen LogP contribution in [0.1, 0.15) is 24.2 Å². The van der Waals surface area contributed by atoms with Crippen LogP contribution in [0.15, 0.2) is 18.2 Å². The number of rotatable bonds is 4. The number of amides is 3. The van der Waals surface area contributed by atoms with E-state index in [0.717, 1.165) is 0 Å². The number of halogens is 1. The number of nitrogens with two attached hydrogens (primary N) is 1. The van der Waals surface area contributed by atoms with Crippen molar-refractivity contribution in [3.63, 3.8) is 0 Å². The number of carbonyl (C=O) groups excluding carboxylic acids is 3. The van der Waals surface area contributed by atoms with E-state index in [9.17, 15) is 14.4 Å². The molecule has 0 bridgehead atoms. The lowest BCUT2D eigenvalue weighted by Gasteiger charge is -2.13. The van der Waals surface area contributed by atoms with E-state index in [1.165, 1.54) is 25.1 Å². The van der Waals surface area contributed by atoms with Gasteiger partial charge in [0.1, 0.15) is 0 Å². The molecule has 0 saturated heterocycles. The Bertz CT molecular complexity index is 562. The summed E-state index contributed by atoms with van der Waals surface area (Å²) in [4.78, 5) is 34.6. The van der Waals surface area contributed by atoms with Crippen molar-refractivity contribution in [3.05, 3.63) is 28.8 Å². The van der Waals surface area contributed by atoms with Crippen LogP contribution in [0, 0.1) is 0 Å². The lowest BCUT2D eigenvalue weighted by molar-refractivity contribution is -0.127. The van der Waals surface area contributed by atoms with E-state index < -0.39 is 24.0 Å². The minimum absolute atomic E-state index is 0.159. The fourth-order valence-corrected chi connectivity index (χ4v) is 1.54. The highest BCUT2D eigenvalue weighted by atomic mass is 35.5. The summed E-state index contributed by atoms with van der Waals surface area (Å²) in [7, 11) is 0. The highest BCUT2D eigenvalue weighted by Gasteiger charge is 2.20. The minimum Gasteiger partial charge on any atom is -0.449 e. The number of ether oxygens (including phenoxy) is 1. The van der Waals surface area contributed by atoms with Crippen LogP contribution >= 0.6 is 11.6 Å². The van der Waals surface area contributed by atoms with E-state index in [4.69, 9.17) is 22.1 Å². The van der Waals surface area contributed by atoms with Gasteiger partial charge in [0.2, 0.25) is 0 Å². The van der Waals surface area contributed by atoms with E-state index in [-0.39, 0.29) is 10.6 Å². The summed E-state index contributed by atoms with van der Waals surface area (Å²) in [6.07, 6.45) is -1.13. The van der Waals surface area contributed by atoms with Crippen LogP contribution in [0.4, 0.5) is 10.5 Å². The Morgan fingerprint density at radius 2 is 2.05 bits per heavy atom. The molecule has 0 aliphatic heterocycles. The first-order valence-electron chi connectivity index (χ1n) is 6.19. The summed E-state index contributed by atoms with van der Waals surface area (Å²) in [5, 5.41) is 4.64. The zero-order valence-corrected chi connectivity index (χ0v) is 12.4. The Hall–Kier alpha value is -2.28. The molecule has 1 aromatic carbocycles. The second-order valence-electron chi connectivity index (χ2n) is 4.13. The third-order valence-corrected chi connectivity index (χ3v) is 2.79. The fourth-order valence-electron chi connectivity index (χ4n) is 1.35. The normalized spacial score (nSPS) is 11.4. The van der Waals surface area contributed by atoms with Gasteiger partial charge in [-0.15, -0.1) is 0 Å². The smallest absolute Gasteiger partial charge is 0.338 e. The van der Waals surface area contributed by atoms with Crippen LogP contribution in [0.25, 0.3) is 0 Å². The highest BCUT2D eigenvalue weighted by Crippen LogP contribution is 2.20. The van der Waals surface area contributed by atoms with E-state index in [0.29, 0.717) is 12.2 Å². The van der Waals surface area contributed by atoms with Gasteiger partial charge >= 0.3 is 12.0 Å². The fraction of sp³-hybridized carbons (Fsp3) is 0.308. The molecule has 114 valence electrons. The third-order valence-electron chi connectivity index (χ3n) is 2.46. The van der Waals surface area contributed by atoms with Gasteiger partial charge in [-0.3, -0.25) is 10.1 Å². The van der Waals surface area contributed by atoms with Gasteiger partial charge < -0.3 is 15.8 Å². The van der Waals surface area contributed by atoms with Crippen molar-refractivity contribution in [3.8, 4) is 0 Å². The Morgan fingerprint density at radius 3 is 2.62 bits per heavy atom. The Morgan fingerprint density at radius 1 is 1.38 bits per heavy atom. The summed E-state index contributed by atoms with van der Waals surface area (Å²) in [6.45, 7) is 3.43. The number of imide groups is 1. The van der Waals surface area contributed by atoms with Crippen LogP contribution in [0.2, 0.25) is 5.02 Å². The molecule has 8 heteroatoms. The van der Waals surface area contributed by atoms with Crippen molar-refractivity contribution >= 4 is 35.2 Å². The Kier molecular flexibility index (Phi) is 5.98. The summed E-state index contributed by atoms with van der Waals surface area (Å²) in [5.41, 5.74) is 6.02. The molecular weight excluding hydrogens is 298 g/mol. The third kappa shape index (κ3) is 4.96. The van der Waals surface area contributed by atoms with Crippen LogP contribution in [0.3, 0.4) is 0 Å². The monoisotopic (exact) mass is 313 g/mol. The van der Waals surface area contributed by atoms with Gasteiger partial charge in [0.15, 0.2) is 6.10 Å². The van der Waals surface area contributed by atoms with Crippen LogP contribution in [-0.2, 0) is 9.53 Å². The molecule has 21 heavy (non-hydrogen) atoms. The standard InChI is InChI=1S/C13H16ClN3O4/c1-3-16-13(20)17-11(18)7(2)21-12(19)8-4-5-10(15)9(14)6-8/h4-7H,3,15H2,1-2H3,(H2,16,17,18,20). The lowest BCUT2D eigenvalue weighted by Crippen LogP contribution is -2.44. The van der Waals surface area contributed by atoms with Crippen molar-refractivity contribution in [2.75, 3.05) is 12.3 Å². The number of anilines is 1. The molecule has 7 nitrogen and oxygen atoms in total. The zero-order valence-electron chi connectivity index (χ0n) is 11.6. The maximum Gasteiger partial charge on any atom is 0.338 e. The molecule has 1 atom stereocenters. The summed E-state index contributed by atoms with van der Waals surface area (Å²) in [5.74, 6) is -1.47. The molecule has 0 aliphatic carbocycles. The van der Waals surface area contributed by atoms with Crippen molar-refractivity contribution in [2.24, 2.45) is 0 Å². The first-order valence-corrected chi connectivity index (χ1v) is 6.57. The lowest BCUT2D eigenvalue weighted by atomic mass is 10.2. The number of hydrogen-bond donors (Lipinski definition) is 3. The van der Waals surface area contributed by atoms with E-state index >= 15 is 0 Å². The molecule has 0 aromatic heterocycles. The quantitative estimate of drug-likeness (QED) is 0.573. The maximum absolute atomic E-state index is 11.8. The molecule has 1 aromatic rings. The van der Waals surface area contributed by atoms with E-state index in [1.54, 1.807) is 6.92 Å². The molecule has 0 radical (unpaired) electrons. The van der Waals surface area contributed by atoms with Crippen LogP contribution < -0.4 is 16.4 Å². The van der Waals surface area contributed by atoms with Crippen molar-refractivity contribution < 1.29 is 19.1 Å². The second-order valence-corrected chi connectivity index (χ2v) is 4.54. The molecular formula is C13H16ClN3O4. The van der Waals surface area contributed by atoms with Gasteiger partial charge in [0.05, 0.1) is 16.3 Å². The predicted octanol–water partition coefficient (Wildman–Crippen LogP) is 1.31. The highest BCUT2D eigenvalue weighted by molar-refractivity contribution is 6.33. The van der Waals surface area contributed by atoms with Gasteiger partial charge in [-0.25, -0.2) is 9.59 Å². The van der Waals surface area contributed by atoms with Crippen LogP contribution in [0.5, 0.6) is 0 Å². The maximum atomic E-state index is 11.8. The first-order chi connectivity index (χ1) is 9.85. The number of urea groups is 1. The summed E-state index contributed by atoms with van der Waals surface area (Å²) in [6, 6.07) is 3.57. The topological polar surface area (TPSA) is 111 Å². The van der Waals surface area contributed by atoms with Crippen molar-refractivity contribution in [1.82, 2.24) is 10.6 Å². The Labute approximate surface area is 126 Å². The summed E-state index contributed by atoms with van der Waals surface area (Å²) < 4.78 is 4.94. The van der Waals surface area contributed by atoms with E-state index in [2.05, 4.69) is 5.32 Å². The molecule has 0 fully saturated rings. The molecule has 1 rings (SSSR count). The summed E-state index contributed by atoms with van der Waals surface area (Å²) >= 11 is 5.80. The molecule has 0 saturated carbocycles. The number of nitrogen functional groups attached to an aromatic ring is 1. The molecule has 0 heterocycles. The predicted molar refractivity (Wildman–Crippen MR) is 78.0 cm³/mol. The van der Waals surface area contributed by atoms with Gasteiger partial charge in [-0.1, -0.05) is 11.6 Å². The number of benzene rings is 1. The average Bonchev–Trinajstić information content (AvgIpc) is 2.41. The van der Waals surface area contributed by atoms with Crippen molar-refractivity contribution in [2.45, 2.75) is 20.0 Å². The van der Waals surface area contributed by atoms with Gasteiger partial charge in [0, 0.05) is 6.54 Å². The van der Waals surface area contributed by atoms with Crippen molar-refractivity contribution in [1.29, 1.82) is 0 Å². The van der Waals surface area contributed by atoms with Gasteiger partial charge in [0.25, 0.3) is 5.91 Å². The Balaban J connectivity index is 2.63. The first kappa shape index (κ1) is 16.8. The molecule has 4 N–H and O–H groups in total. The number of esters is 1. The number of hydrogen-bond acceptors (Lipinski definition) is 5. The van der Waals surface area contributed by atoms with Crippen LogP contribution in [-0.4, -0.2) is 30.6 Å². The number of carbonyl (C=O) groups is 3. The SMILES string of the molecule is CCNC(=O)NC(=O)C(C)OC(=O)c1ccc(N)c(Cl)c1. The largest absolute Gasteiger partial charge is 0.449 e. The average molecular weight is 314 g/mol. The van der Waals surface area contributed by atoms with E-state index in [1.807, 2.05) is 5.32 Å². The zero-order chi connectivity index (χ0) is 16.0.